The highest BCUT2D eigenvalue weighted by Gasteiger charge is 2.23. The molecule has 0 saturated heterocycles. The molecular formula is C26H28F2N2O5S. The monoisotopic (exact) mass is 518 g/mol. The van der Waals surface area contributed by atoms with Crippen LogP contribution in [0.2, 0.25) is 0 Å². The molecule has 0 heterocycles. The number of hydrogen-bond donors (Lipinski definition) is 1. The van der Waals surface area contributed by atoms with Crippen LogP contribution >= 0.6 is 0 Å². The largest absolute Gasteiger partial charge is 0.493 e. The van der Waals surface area contributed by atoms with Crippen LogP contribution in [0.4, 0.5) is 13.6 Å². The summed E-state index contributed by atoms with van der Waals surface area (Å²) in [4.78, 5) is 14.3. The minimum absolute atomic E-state index is 0.0858. The summed E-state index contributed by atoms with van der Waals surface area (Å²) in [7, 11) is -2.91. The van der Waals surface area contributed by atoms with Gasteiger partial charge in [-0.25, -0.2) is 13.6 Å². The van der Waals surface area contributed by atoms with Crippen LogP contribution in [0.3, 0.4) is 0 Å². The lowest BCUT2D eigenvalue weighted by molar-refractivity contribution is 0.183. The van der Waals surface area contributed by atoms with Gasteiger partial charge in [-0.05, 0) is 80.4 Å². The van der Waals surface area contributed by atoms with E-state index in [2.05, 4.69) is 5.32 Å². The van der Waals surface area contributed by atoms with Gasteiger partial charge >= 0.3 is 16.1 Å². The van der Waals surface area contributed by atoms with Gasteiger partial charge in [-0.3, -0.25) is 0 Å². The molecule has 0 aliphatic heterocycles. The fourth-order valence-corrected chi connectivity index (χ4v) is 4.21. The number of nitrogens with one attached hydrogen (secondary N) is 1. The van der Waals surface area contributed by atoms with Crippen molar-refractivity contribution in [2.75, 3.05) is 7.11 Å². The third kappa shape index (κ3) is 7.42. The van der Waals surface area contributed by atoms with Crippen molar-refractivity contribution in [3.8, 4) is 11.5 Å². The molecule has 0 saturated carbocycles. The molecule has 0 bridgehead atoms. The number of hydrogen-bond acceptors (Lipinski definition) is 5. The second-order valence-corrected chi connectivity index (χ2v) is 10.7. The molecule has 0 unspecified atom stereocenters. The Hall–Kier alpha value is -3.66. The van der Waals surface area contributed by atoms with Gasteiger partial charge in [0.05, 0.1) is 7.11 Å². The molecule has 10 heteroatoms. The first-order chi connectivity index (χ1) is 16.9. The number of nitrogens with zero attached hydrogens (tertiary/aromatic N) is 1. The van der Waals surface area contributed by atoms with Crippen LogP contribution < -0.4 is 14.2 Å². The van der Waals surface area contributed by atoms with Crippen molar-refractivity contribution < 1.29 is 30.9 Å². The first-order valence-electron chi connectivity index (χ1n) is 11.0. The highest BCUT2D eigenvalue weighted by molar-refractivity contribution is 7.87. The van der Waals surface area contributed by atoms with Crippen molar-refractivity contribution in [2.24, 2.45) is 0 Å². The van der Waals surface area contributed by atoms with Crippen LogP contribution in [0, 0.1) is 11.6 Å². The molecule has 3 aromatic carbocycles. The molecule has 7 nitrogen and oxygen atoms in total. The van der Waals surface area contributed by atoms with E-state index in [4.69, 9.17) is 8.92 Å². The van der Waals surface area contributed by atoms with Crippen molar-refractivity contribution >= 4 is 16.1 Å². The molecule has 0 aliphatic carbocycles. The first kappa shape index (κ1) is 26.9. The minimum atomic E-state index is -4.28. The normalized spacial score (nSPS) is 11.6. The molecule has 0 aromatic heterocycles. The molecule has 2 amide bonds. The van der Waals surface area contributed by atoms with E-state index in [1.54, 1.807) is 18.2 Å². The SMILES string of the molecule is COc1ccc(CN(Cc2ccc(F)cc2)C(=O)NC(C)(C)C)cc1OS(=O)(=O)c1ccc(F)cc1. The smallest absolute Gasteiger partial charge is 0.339 e. The lowest BCUT2D eigenvalue weighted by Gasteiger charge is -2.29. The van der Waals surface area contributed by atoms with E-state index in [0.29, 0.717) is 11.1 Å². The highest BCUT2D eigenvalue weighted by atomic mass is 32.2. The Labute approximate surface area is 209 Å². The van der Waals surface area contributed by atoms with E-state index >= 15 is 0 Å². The Kier molecular flexibility index (Phi) is 8.19. The van der Waals surface area contributed by atoms with Crippen molar-refractivity contribution in [1.29, 1.82) is 0 Å². The number of urea groups is 1. The first-order valence-corrected chi connectivity index (χ1v) is 12.5. The Morgan fingerprint density at radius 3 is 1.94 bits per heavy atom. The quantitative estimate of drug-likeness (QED) is 0.412. The average molecular weight is 519 g/mol. The Morgan fingerprint density at radius 2 is 1.39 bits per heavy atom. The summed E-state index contributed by atoms with van der Waals surface area (Å²) in [6, 6.07) is 14.4. The zero-order valence-electron chi connectivity index (χ0n) is 20.4. The summed E-state index contributed by atoms with van der Waals surface area (Å²) in [5, 5.41) is 2.90. The van der Waals surface area contributed by atoms with Crippen molar-refractivity contribution in [1.82, 2.24) is 10.2 Å². The molecule has 1 N–H and O–H groups in total. The standard InChI is InChI=1S/C26H28F2N2O5S/c1-26(2,3)29-25(31)30(16-18-5-8-20(27)9-6-18)17-19-7-14-23(34-4)24(15-19)35-36(32,33)22-12-10-21(28)11-13-22/h5-15H,16-17H2,1-4H3,(H,29,31). The topological polar surface area (TPSA) is 84.9 Å². The van der Waals surface area contributed by atoms with Crippen LogP contribution in [0.5, 0.6) is 11.5 Å². The maximum atomic E-state index is 13.4. The summed E-state index contributed by atoms with van der Waals surface area (Å²) < 4.78 is 62.6. The fourth-order valence-electron chi connectivity index (χ4n) is 3.28. The molecule has 36 heavy (non-hydrogen) atoms. The summed E-state index contributed by atoms with van der Waals surface area (Å²) in [6.45, 7) is 5.82. The second-order valence-electron chi connectivity index (χ2n) is 9.14. The fraction of sp³-hybridized carbons (Fsp3) is 0.269. The van der Waals surface area contributed by atoms with E-state index in [0.717, 1.165) is 24.3 Å². The molecule has 0 aliphatic rings. The lowest BCUT2D eigenvalue weighted by Crippen LogP contribution is -2.47. The van der Waals surface area contributed by atoms with Crippen LogP contribution in [0.1, 0.15) is 31.9 Å². The highest BCUT2D eigenvalue weighted by Crippen LogP contribution is 2.31. The summed E-state index contributed by atoms with van der Waals surface area (Å²) in [5.41, 5.74) is 0.769. The van der Waals surface area contributed by atoms with Crippen molar-refractivity contribution in [3.63, 3.8) is 0 Å². The number of ether oxygens (including phenoxy) is 1. The number of carbonyl (C=O) groups excluding carboxylic acids is 1. The zero-order chi connectivity index (χ0) is 26.5. The molecule has 192 valence electrons. The number of benzene rings is 3. The van der Waals surface area contributed by atoms with Gasteiger partial charge < -0.3 is 19.1 Å². The van der Waals surface area contributed by atoms with Gasteiger partial charge in [-0.2, -0.15) is 8.42 Å². The summed E-state index contributed by atoms with van der Waals surface area (Å²) >= 11 is 0. The van der Waals surface area contributed by atoms with Gasteiger partial charge in [0.25, 0.3) is 0 Å². The van der Waals surface area contributed by atoms with Crippen LogP contribution in [0.25, 0.3) is 0 Å². The van der Waals surface area contributed by atoms with Crippen LogP contribution in [0.15, 0.2) is 71.6 Å². The number of carbonyl (C=O) groups is 1. The number of halogens is 2. The molecule has 0 spiro atoms. The van der Waals surface area contributed by atoms with Gasteiger partial charge in [-0.15, -0.1) is 0 Å². The molecule has 3 rings (SSSR count). The number of amides is 2. The van der Waals surface area contributed by atoms with Gasteiger partial charge in [0.2, 0.25) is 0 Å². The second kappa shape index (κ2) is 10.9. The van der Waals surface area contributed by atoms with E-state index in [9.17, 15) is 22.0 Å². The zero-order valence-corrected chi connectivity index (χ0v) is 21.2. The van der Waals surface area contributed by atoms with Crippen LogP contribution in [-0.4, -0.2) is 32.0 Å². The predicted octanol–water partition coefficient (Wildman–Crippen LogP) is 5.25. The van der Waals surface area contributed by atoms with Gasteiger partial charge in [0.1, 0.15) is 16.5 Å². The maximum Gasteiger partial charge on any atom is 0.339 e. The Balaban J connectivity index is 1.90. The van der Waals surface area contributed by atoms with E-state index in [1.807, 2.05) is 20.8 Å². The van der Waals surface area contributed by atoms with Gasteiger partial charge in [0, 0.05) is 18.6 Å². The molecule has 0 atom stereocenters. The Morgan fingerprint density at radius 1 is 0.861 bits per heavy atom. The number of rotatable bonds is 8. The molecular weight excluding hydrogens is 490 g/mol. The average Bonchev–Trinajstić information content (AvgIpc) is 2.79. The van der Waals surface area contributed by atoms with E-state index < -0.39 is 21.5 Å². The maximum absolute atomic E-state index is 13.4. The van der Waals surface area contributed by atoms with Gasteiger partial charge in [-0.1, -0.05) is 18.2 Å². The lowest BCUT2D eigenvalue weighted by atomic mass is 10.1. The van der Waals surface area contributed by atoms with Crippen LogP contribution in [-0.2, 0) is 23.2 Å². The Bertz CT molecular complexity index is 1310. The number of methoxy groups -OCH3 is 1. The summed E-state index contributed by atoms with van der Waals surface area (Å²) in [6.07, 6.45) is 0. The molecule has 0 radical (unpaired) electrons. The third-order valence-corrected chi connectivity index (χ3v) is 6.21. The van der Waals surface area contributed by atoms with Gasteiger partial charge in [0.15, 0.2) is 11.5 Å². The van der Waals surface area contributed by atoms with E-state index in [-0.39, 0.29) is 41.3 Å². The molecule has 3 aromatic rings. The third-order valence-electron chi connectivity index (χ3n) is 4.96. The van der Waals surface area contributed by atoms with Crippen molar-refractivity contribution in [2.45, 2.75) is 44.3 Å². The molecule has 0 fully saturated rings. The minimum Gasteiger partial charge on any atom is -0.493 e. The van der Waals surface area contributed by atoms with Crippen molar-refractivity contribution in [3.05, 3.63) is 89.5 Å². The van der Waals surface area contributed by atoms with E-state index in [1.165, 1.54) is 36.3 Å². The summed E-state index contributed by atoms with van der Waals surface area (Å²) in [5.74, 6) is -0.891. The predicted molar refractivity (Wildman–Crippen MR) is 131 cm³/mol.